The Kier molecular flexibility index (Phi) is 4.29. The fourth-order valence-corrected chi connectivity index (χ4v) is 4.51. The second kappa shape index (κ2) is 6.49. The minimum atomic E-state index is -3.57. The molecule has 4 nitrogen and oxygen atoms in total. The lowest BCUT2D eigenvalue weighted by atomic mass is 10.0. The van der Waals surface area contributed by atoms with E-state index in [0.29, 0.717) is 27.8 Å². The molecule has 3 aromatic rings. The summed E-state index contributed by atoms with van der Waals surface area (Å²) in [6.07, 6.45) is 6.72. The van der Waals surface area contributed by atoms with Crippen LogP contribution in [0.5, 0.6) is 0 Å². The number of pyridine rings is 2. The zero-order valence-corrected chi connectivity index (χ0v) is 15.8. The molecule has 0 spiro atoms. The van der Waals surface area contributed by atoms with Crippen LogP contribution in [0.25, 0.3) is 22.4 Å². The second-order valence-corrected chi connectivity index (χ2v) is 8.90. The van der Waals surface area contributed by atoms with Crippen LogP contribution in [-0.2, 0) is 9.84 Å². The minimum Gasteiger partial charge on any atom is -0.260 e. The van der Waals surface area contributed by atoms with Crippen molar-refractivity contribution in [3.63, 3.8) is 0 Å². The predicted octanol–water partition coefficient (Wildman–Crippen LogP) is 4.74. The average Bonchev–Trinajstić information content (AvgIpc) is 3.47. The molecule has 1 aliphatic carbocycles. The highest BCUT2D eigenvalue weighted by molar-refractivity contribution is 7.91. The third-order valence-electron chi connectivity index (χ3n) is 4.48. The van der Waals surface area contributed by atoms with Gasteiger partial charge >= 0.3 is 0 Å². The number of aromatic nitrogens is 2. The van der Waals surface area contributed by atoms with E-state index in [9.17, 15) is 8.42 Å². The molecule has 0 saturated heterocycles. The van der Waals surface area contributed by atoms with Crippen LogP contribution in [-0.4, -0.2) is 24.6 Å². The Bertz CT molecular complexity index is 1060. The standard InChI is InChI=1S/C20H17ClN2O2S/c1-26(24,25)20-18(14-5-3-2-4-6-14)16(21)12-23-19(20)15-9-10-17(22-11-15)13-7-8-13/h2-6,9-13H,7-8H2,1H3. The van der Waals surface area contributed by atoms with E-state index >= 15 is 0 Å². The van der Waals surface area contributed by atoms with Crippen molar-refractivity contribution >= 4 is 21.4 Å². The fraction of sp³-hybridized carbons (Fsp3) is 0.200. The summed E-state index contributed by atoms with van der Waals surface area (Å²) in [6, 6.07) is 13.1. The van der Waals surface area contributed by atoms with Crippen molar-refractivity contribution in [2.75, 3.05) is 6.26 Å². The molecular weight excluding hydrogens is 368 g/mol. The molecule has 1 saturated carbocycles. The molecular formula is C20H17ClN2O2S. The molecule has 1 fully saturated rings. The number of benzene rings is 1. The number of hydrogen-bond acceptors (Lipinski definition) is 4. The van der Waals surface area contributed by atoms with Crippen molar-refractivity contribution in [3.8, 4) is 22.4 Å². The molecule has 132 valence electrons. The van der Waals surface area contributed by atoms with Crippen LogP contribution >= 0.6 is 11.6 Å². The van der Waals surface area contributed by atoms with Crippen molar-refractivity contribution in [1.82, 2.24) is 9.97 Å². The van der Waals surface area contributed by atoms with Gasteiger partial charge in [-0.2, -0.15) is 0 Å². The zero-order valence-electron chi connectivity index (χ0n) is 14.2. The van der Waals surface area contributed by atoms with E-state index in [1.807, 2.05) is 42.5 Å². The molecule has 0 atom stereocenters. The van der Waals surface area contributed by atoms with Gasteiger partial charge in [-0.05, 0) is 30.5 Å². The Morgan fingerprint density at radius 1 is 0.962 bits per heavy atom. The van der Waals surface area contributed by atoms with Gasteiger partial charge in [0.1, 0.15) is 4.90 Å². The van der Waals surface area contributed by atoms with Crippen molar-refractivity contribution in [1.29, 1.82) is 0 Å². The van der Waals surface area contributed by atoms with Crippen molar-refractivity contribution in [2.24, 2.45) is 0 Å². The monoisotopic (exact) mass is 384 g/mol. The molecule has 2 aromatic heterocycles. The van der Waals surface area contributed by atoms with Crippen LogP contribution in [0.1, 0.15) is 24.5 Å². The maximum atomic E-state index is 12.6. The van der Waals surface area contributed by atoms with E-state index in [2.05, 4.69) is 9.97 Å². The van der Waals surface area contributed by atoms with Gasteiger partial charge < -0.3 is 0 Å². The van der Waals surface area contributed by atoms with Gasteiger partial charge in [-0.3, -0.25) is 9.97 Å². The van der Waals surface area contributed by atoms with Crippen LogP contribution in [0.4, 0.5) is 0 Å². The summed E-state index contributed by atoms with van der Waals surface area (Å²) in [7, 11) is -3.57. The van der Waals surface area contributed by atoms with E-state index < -0.39 is 9.84 Å². The van der Waals surface area contributed by atoms with Crippen LogP contribution in [0.15, 0.2) is 59.8 Å². The summed E-state index contributed by atoms with van der Waals surface area (Å²) in [6.45, 7) is 0. The topological polar surface area (TPSA) is 59.9 Å². The van der Waals surface area contributed by atoms with Gasteiger partial charge in [0.2, 0.25) is 0 Å². The van der Waals surface area contributed by atoms with E-state index in [1.54, 1.807) is 6.20 Å². The average molecular weight is 385 g/mol. The molecule has 1 aromatic carbocycles. The normalized spacial score (nSPS) is 14.4. The lowest BCUT2D eigenvalue weighted by Gasteiger charge is -2.15. The largest absolute Gasteiger partial charge is 0.260 e. The second-order valence-electron chi connectivity index (χ2n) is 6.54. The van der Waals surface area contributed by atoms with Crippen molar-refractivity contribution in [3.05, 3.63) is 65.6 Å². The molecule has 0 radical (unpaired) electrons. The molecule has 26 heavy (non-hydrogen) atoms. The smallest absolute Gasteiger partial charge is 0.178 e. The number of hydrogen-bond donors (Lipinski definition) is 0. The van der Waals surface area contributed by atoms with Crippen LogP contribution in [0, 0.1) is 0 Å². The van der Waals surface area contributed by atoms with Crippen LogP contribution < -0.4 is 0 Å². The molecule has 6 heteroatoms. The number of nitrogens with zero attached hydrogens (tertiary/aromatic N) is 2. The van der Waals surface area contributed by atoms with Gasteiger partial charge in [0.05, 0.1) is 10.7 Å². The molecule has 0 N–H and O–H groups in total. The molecule has 0 amide bonds. The van der Waals surface area contributed by atoms with Crippen LogP contribution in [0.3, 0.4) is 0 Å². The van der Waals surface area contributed by atoms with E-state index in [4.69, 9.17) is 11.6 Å². The van der Waals surface area contributed by atoms with Crippen molar-refractivity contribution in [2.45, 2.75) is 23.7 Å². The number of halogens is 1. The van der Waals surface area contributed by atoms with E-state index in [1.165, 1.54) is 12.5 Å². The number of rotatable bonds is 4. The SMILES string of the molecule is CS(=O)(=O)c1c(-c2ccc(C3CC3)nc2)ncc(Cl)c1-c1ccccc1. The van der Waals surface area contributed by atoms with Gasteiger partial charge in [-0.1, -0.05) is 41.9 Å². The summed E-state index contributed by atoms with van der Waals surface area (Å²) in [5.41, 5.74) is 3.32. The van der Waals surface area contributed by atoms with Gasteiger partial charge in [0.25, 0.3) is 0 Å². The lowest BCUT2D eigenvalue weighted by molar-refractivity contribution is 0.602. The molecule has 4 rings (SSSR count). The Morgan fingerprint density at radius 3 is 2.27 bits per heavy atom. The molecule has 0 bridgehead atoms. The van der Waals surface area contributed by atoms with E-state index in [-0.39, 0.29) is 4.90 Å². The predicted molar refractivity (Wildman–Crippen MR) is 103 cm³/mol. The summed E-state index contributed by atoms with van der Waals surface area (Å²) < 4.78 is 25.3. The highest BCUT2D eigenvalue weighted by Gasteiger charge is 2.27. The molecule has 2 heterocycles. The van der Waals surface area contributed by atoms with Crippen molar-refractivity contribution < 1.29 is 8.42 Å². The molecule has 0 aliphatic heterocycles. The Labute approximate surface area is 157 Å². The Hall–Kier alpha value is -2.24. The van der Waals surface area contributed by atoms with Crippen LogP contribution in [0.2, 0.25) is 5.02 Å². The number of sulfone groups is 1. The summed E-state index contributed by atoms with van der Waals surface area (Å²) in [5.74, 6) is 0.538. The van der Waals surface area contributed by atoms with E-state index in [0.717, 1.165) is 24.1 Å². The lowest BCUT2D eigenvalue weighted by Crippen LogP contribution is -2.06. The quantitative estimate of drug-likeness (QED) is 0.651. The Balaban J connectivity index is 1.95. The summed E-state index contributed by atoms with van der Waals surface area (Å²) in [5, 5.41) is 0.308. The fourth-order valence-electron chi connectivity index (χ4n) is 3.08. The van der Waals surface area contributed by atoms with Gasteiger partial charge in [0, 0.05) is 41.4 Å². The third kappa shape index (κ3) is 3.24. The zero-order chi connectivity index (χ0) is 18.3. The molecule has 0 unspecified atom stereocenters. The first-order valence-corrected chi connectivity index (χ1v) is 10.6. The summed E-state index contributed by atoms with van der Waals surface area (Å²) in [4.78, 5) is 8.97. The first-order chi connectivity index (χ1) is 12.4. The first-order valence-electron chi connectivity index (χ1n) is 8.35. The van der Waals surface area contributed by atoms with Gasteiger partial charge in [-0.15, -0.1) is 0 Å². The minimum absolute atomic E-state index is 0.136. The summed E-state index contributed by atoms with van der Waals surface area (Å²) >= 11 is 6.36. The van der Waals surface area contributed by atoms with Gasteiger partial charge in [0.15, 0.2) is 9.84 Å². The first kappa shape index (κ1) is 17.2. The maximum Gasteiger partial charge on any atom is 0.178 e. The molecule has 1 aliphatic rings. The highest BCUT2D eigenvalue weighted by Crippen LogP contribution is 2.41. The van der Waals surface area contributed by atoms with Gasteiger partial charge in [-0.25, -0.2) is 8.42 Å². The highest BCUT2D eigenvalue weighted by atomic mass is 35.5. The third-order valence-corrected chi connectivity index (χ3v) is 5.90. The Morgan fingerprint density at radius 2 is 1.69 bits per heavy atom. The maximum absolute atomic E-state index is 12.6.